The molecule has 56 heavy (non-hydrogen) atoms. The van der Waals surface area contributed by atoms with Crippen molar-refractivity contribution in [2.45, 2.75) is 32.6 Å². The van der Waals surface area contributed by atoms with Gasteiger partial charge in [-0.05, 0) is 95.4 Å². The molecule has 0 unspecified atom stereocenters. The number of aromatic nitrogens is 2. The number of methoxy groups -OCH3 is 1. The van der Waals surface area contributed by atoms with Crippen molar-refractivity contribution < 1.29 is 23.9 Å². The van der Waals surface area contributed by atoms with E-state index in [2.05, 4.69) is 27.1 Å². The van der Waals surface area contributed by atoms with Crippen LogP contribution in [-0.2, 0) is 4.79 Å². The summed E-state index contributed by atoms with van der Waals surface area (Å²) in [6, 6.07) is 16.1. The lowest BCUT2D eigenvalue weighted by Gasteiger charge is -2.32. The Hall–Kier alpha value is -4.27. The van der Waals surface area contributed by atoms with Crippen molar-refractivity contribution >= 4 is 83.3 Å². The van der Waals surface area contributed by atoms with Gasteiger partial charge < -0.3 is 44.3 Å². The Morgan fingerprint density at radius 1 is 0.875 bits per heavy atom. The Kier molecular flexibility index (Phi) is 19.2. The fourth-order valence-electron chi connectivity index (χ4n) is 6.23. The molecule has 1 saturated heterocycles. The number of unbranched alkanes of at least 4 members (excludes halogenated alkanes) is 2. The Bertz CT molecular complexity index is 1900. The molecule has 2 N–H and O–H groups in total. The largest absolute Gasteiger partial charge is 0.496 e. The third kappa shape index (κ3) is 12.4. The minimum Gasteiger partial charge on any atom is -0.496 e. The van der Waals surface area contributed by atoms with Crippen molar-refractivity contribution in [3.63, 3.8) is 0 Å². The number of benzene rings is 3. The van der Waals surface area contributed by atoms with E-state index in [-0.39, 0.29) is 66.3 Å². The first-order valence-corrected chi connectivity index (χ1v) is 18.3. The Balaban J connectivity index is 0.00000361. The summed E-state index contributed by atoms with van der Waals surface area (Å²) in [5.41, 5.74) is 4.29. The van der Waals surface area contributed by atoms with Crippen molar-refractivity contribution in [2.75, 3.05) is 103 Å². The van der Waals surface area contributed by atoms with E-state index in [1.807, 2.05) is 74.3 Å². The first-order chi connectivity index (χ1) is 25.4. The molecular formula is C40H57Cl3N8O5. The molecule has 16 heteroatoms. The average molecular weight is 836 g/mol. The van der Waals surface area contributed by atoms with Crippen LogP contribution < -0.4 is 24.6 Å². The Labute approximate surface area is 349 Å². The molecule has 1 aromatic heterocycles. The molecule has 13 nitrogen and oxygen atoms in total. The van der Waals surface area contributed by atoms with Gasteiger partial charge in [0.15, 0.2) is 0 Å². The van der Waals surface area contributed by atoms with Crippen LogP contribution in [0, 0.1) is 6.92 Å². The number of carbonyl (C=O) groups excluding carboxylic acids is 3. The van der Waals surface area contributed by atoms with E-state index in [4.69, 9.17) is 14.5 Å². The lowest BCUT2D eigenvalue weighted by molar-refractivity contribution is -0.132. The van der Waals surface area contributed by atoms with Crippen LogP contribution in [0.5, 0.6) is 11.5 Å². The zero-order chi connectivity index (χ0) is 38.1. The molecule has 5 rings (SSSR count). The Morgan fingerprint density at radius 2 is 1.61 bits per heavy atom. The van der Waals surface area contributed by atoms with Gasteiger partial charge in [0.05, 0.1) is 36.2 Å². The number of piperazine rings is 1. The van der Waals surface area contributed by atoms with Gasteiger partial charge in [-0.25, -0.2) is 4.98 Å². The molecule has 0 atom stereocenters. The molecule has 2 heterocycles. The molecule has 0 aliphatic carbocycles. The van der Waals surface area contributed by atoms with Gasteiger partial charge in [0, 0.05) is 65.3 Å². The monoisotopic (exact) mass is 834 g/mol. The van der Waals surface area contributed by atoms with Crippen LogP contribution in [0.15, 0.2) is 54.6 Å². The van der Waals surface area contributed by atoms with Crippen molar-refractivity contribution in [1.29, 1.82) is 0 Å². The number of fused-ring (bicyclic) bond motifs is 1. The number of carbonyl (C=O) groups is 3. The van der Waals surface area contributed by atoms with Gasteiger partial charge >= 0.3 is 0 Å². The number of para-hydroxylation sites is 1. The fraction of sp³-hybridized carbons (Fsp3) is 0.450. The smallest absolute Gasteiger partial charge is 0.259 e. The van der Waals surface area contributed by atoms with Crippen LogP contribution in [0.1, 0.15) is 52.0 Å². The molecule has 0 radical (unpaired) electrons. The number of ether oxygens (including phenoxy) is 2. The molecule has 1 aliphatic heterocycles. The quantitative estimate of drug-likeness (QED) is 0.124. The number of amides is 3. The highest BCUT2D eigenvalue weighted by Crippen LogP contribution is 2.32. The number of hydrogen-bond donors (Lipinski definition) is 2. The highest BCUT2D eigenvalue weighted by Gasteiger charge is 2.22. The number of hydrogen-bond acceptors (Lipinski definition) is 9. The predicted molar refractivity (Wildman–Crippen MR) is 233 cm³/mol. The predicted octanol–water partition coefficient (Wildman–Crippen LogP) is 6.39. The first kappa shape index (κ1) is 47.9. The lowest BCUT2D eigenvalue weighted by Crippen LogP contribution is -2.47. The molecule has 3 amide bonds. The summed E-state index contributed by atoms with van der Waals surface area (Å²) < 4.78 is 11.8. The standard InChI is InChI=1S/C40H54N8O5.3ClH/c1-28-15-18-33(35(26-28)53-25-10-8-9-14-36(49)48-23-20-45(4)21-24-48)47(6)39(51)29-16-17-30(34(27-29)52-7)38(50)41-31-12-11-13-32-37(31)43-40(42-32)46(5)22-19-44(2)3;;;/h11-13,15-18,26-27H,8-10,14,19-25H2,1-7H3,(H,41,50)(H,42,43);3*1H. The highest BCUT2D eigenvalue weighted by atomic mass is 35.5. The fourth-order valence-corrected chi connectivity index (χ4v) is 6.23. The Morgan fingerprint density at radius 3 is 2.30 bits per heavy atom. The van der Waals surface area contributed by atoms with Crippen molar-refractivity contribution in [1.82, 2.24) is 24.7 Å². The van der Waals surface area contributed by atoms with Crippen molar-refractivity contribution in [2.24, 2.45) is 0 Å². The van der Waals surface area contributed by atoms with Crippen LogP contribution in [-0.4, -0.2) is 131 Å². The number of aryl methyl sites for hydroxylation is 1. The molecule has 1 fully saturated rings. The minimum absolute atomic E-state index is 0. The third-order valence-corrected chi connectivity index (χ3v) is 9.62. The van der Waals surface area contributed by atoms with Crippen LogP contribution >= 0.6 is 37.2 Å². The van der Waals surface area contributed by atoms with Crippen LogP contribution in [0.25, 0.3) is 11.0 Å². The van der Waals surface area contributed by atoms with Crippen molar-refractivity contribution in [3.8, 4) is 11.5 Å². The molecule has 3 aromatic carbocycles. The van der Waals surface area contributed by atoms with E-state index in [1.54, 1.807) is 30.1 Å². The summed E-state index contributed by atoms with van der Waals surface area (Å²) in [5, 5.41) is 2.98. The maximum Gasteiger partial charge on any atom is 0.259 e. The van der Waals surface area contributed by atoms with E-state index in [1.165, 1.54) is 7.11 Å². The van der Waals surface area contributed by atoms with E-state index < -0.39 is 0 Å². The van der Waals surface area contributed by atoms with Gasteiger partial charge in [-0.15, -0.1) is 37.2 Å². The van der Waals surface area contributed by atoms with E-state index in [9.17, 15) is 14.4 Å². The highest BCUT2D eigenvalue weighted by molar-refractivity contribution is 6.11. The molecule has 308 valence electrons. The van der Waals surface area contributed by atoms with Crippen LogP contribution in [0.3, 0.4) is 0 Å². The van der Waals surface area contributed by atoms with E-state index >= 15 is 0 Å². The molecule has 4 aromatic rings. The number of likely N-dealkylation sites (N-methyl/N-ethyl adjacent to an activating group) is 3. The van der Waals surface area contributed by atoms with Crippen LogP contribution in [0.2, 0.25) is 0 Å². The number of rotatable bonds is 16. The summed E-state index contributed by atoms with van der Waals surface area (Å²) >= 11 is 0. The molecule has 1 aliphatic rings. The van der Waals surface area contributed by atoms with Gasteiger partial charge in [-0.3, -0.25) is 14.4 Å². The third-order valence-electron chi connectivity index (χ3n) is 9.62. The van der Waals surface area contributed by atoms with Crippen molar-refractivity contribution in [3.05, 3.63) is 71.3 Å². The molecule has 0 bridgehead atoms. The summed E-state index contributed by atoms with van der Waals surface area (Å²) in [4.78, 5) is 57.9. The number of aromatic amines is 1. The van der Waals surface area contributed by atoms with Gasteiger partial charge in [0.1, 0.15) is 17.0 Å². The number of nitrogens with one attached hydrogen (secondary N) is 2. The average Bonchev–Trinajstić information content (AvgIpc) is 3.60. The second-order valence-corrected chi connectivity index (χ2v) is 14.0. The van der Waals surface area contributed by atoms with Crippen LogP contribution in [0.4, 0.5) is 17.3 Å². The number of halogens is 3. The molecule has 0 saturated carbocycles. The van der Waals surface area contributed by atoms with Gasteiger partial charge in [0.2, 0.25) is 11.9 Å². The second kappa shape index (κ2) is 22.5. The number of anilines is 3. The summed E-state index contributed by atoms with van der Waals surface area (Å²) in [6.07, 6.45) is 3.04. The van der Waals surface area contributed by atoms with Gasteiger partial charge in [0.25, 0.3) is 11.8 Å². The molecule has 0 spiro atoms. The normalized spacial score (nSPS) is 12.6. The maximum atomic E-state index is 13.8. The van der Waals surface area contributed by atoms with E-state index in [0.29, 0.717) is 47.2 Å². The number of nitrogens with zero attached hydrogens (tertiary/aromatic N) is 6. The summed E-state index contributed by atoms with van der Waals surface area (Å²) in [7, 11) is 11.3. The molecular weight excluding hydrogens is 779 g/mol. The number of H-pyrrole nitrogens is 1. The minimum atomic E-state index is -0.384. The summed E-state index contributed by atoms with van der Waals surface area (Å²) in [5.74, 6) is 1.15. The zero-order valence-corrected chi connectivity index (χ0v) is 35.9. The first-order valence-electron chi connectivity index (χ1n) is 18.3. The maximum absolute atomic E-state index is 13.8. The van der Waals surface area contributed by atoms with E-state index in [0.717, 1.165) is 69.6 Å². The number of imidazole rings is 1. The topological polar surface area (TPSA) is 127 Å². The SMILES string of the molecule is COc1cc(C(=O)N(C)c2ccc(C)cc2OCCCCCC(=O)N2CCN(C)CC2)ccc1C(=O)Nc1cccc2[nH]c(N(C)CCN(C)C)nc12.Cl.Cl.Cl. The van der Waals surface area contributed by atoms with Gasteiger partial charge in [-0.2, -0.15) is 0 Å². The lowest BCUT2D eigenvalue weighted by atomic mass is 10.1. The zero-order valence-electron chi connectivity index (χ0n) is 33.4. The second-order valence-electron chi connectivity index (χ2n) is 14.0. The summed E-state index contributed by atoms with van der Waals surface area (Å²) in [6.45, 7) is 7.55. The van der Waals surface area contributed by atoms with Gasteiger partial charge in [-0.1, -0.05) is 12.1 Å².